The molecule has 5 aliphatic rings. The molecule has 4 aliphatic heterocycles. The molecule has 49 heavy (non-hydrogen) atoms. The van der Waals surface area contributed by atoms with E-state index in [1.807, 2.05) is 0 Å². The van der Waals surface area contributed by atoms with Gasteiger partial charge in [-0.05, 0) is 98.2 Å². The van der Waals surface area contributed by atoms with Gasteiger partial charge in [0.25, 0.3) is 0 Å². The van der Waals surface area contributed by atoms with Crippen molar-refractivity contribution < 1.29 is 17.9 Å². The summed E-state index contributed by atoms with van der Waals surface area (Å²) in [4.78, 5) is 14.2. The van der Waals surface area contributed by atoms with E-state index < -0.39 is 11.6 Å². The first-order valence-electron chi connectivity index (χ1n) is 17.1. The molecule has 1 saturated carbocycles. The van der Waals surface area contributed by atoms with E-state index in [9.17, 15) is 4.39 Å². The number of aromatic nitrogens is 2. The molecule has 7 nitrogen and oxygen atoms in total. The van der Waals surface area contributed by atoms with E-state index in [2.05, 4.69) is 26.0 Å². The van der Waals surface area contributed by atoms with Crippen LogP contribution < -0.4 is 20.7 Å². The summed E-state index contributed by atoms with van der Waals surface area (Å²) in [7, 11) is 0. The molecular formula is C38H36ClF3N6O. The first-order valence-corrected chi connectivity index (χ1v) is 17.5. The number of halogens is 4. The Morgan fingerprint density at radius 1 is 1.16 bits per heavy atom. The lowest BCUT2D eigenvalue weighted by Crippen LogP contribution is -2.61. The average molecular weight is 685 g/mol. The number of hydrogen-bond donors (Lipinski definition) is 2. The van der Waals surface area contributed by atoms with E-state index in [0.717, 1.165) is 44.3 Å². The number of hydrogen-bond acceptors (Lipinski definition) is 7. The first-order chi connectivity index (χ1) is 23.7. The molecule has 0 radical (unpaired) electrons. The quantitative estimate of drug-likeness (QED) is 0.165. The molecule has 0 amide bonds. The van der Waals surface area contributed by atoms with Crippen LogP contribution in [0.1, 0.15) is 50.5 Å². The number of nitrogens with two attached hydrogens (primary N) is 1. The normalized spacial score (nSPS) is 27.4. The predicted octanol–water partition coefficient (Wildman–Crippen LogP) is 7.14. The Labute approximate surface area is 287 Å². The number of piperazine rings is 1. The summed E-state index contributed by atoms with van der Waals surface area (Å²) in [6, 6.07) is 8.11. The molecule has 4 saturated heterocycles. The van der Waals surface area contributed by atoms with Crippen molar-refractivity contribution in [3.8, 4) is 29.5 Å². The molecule has 5 fully saturated rings. The lowest BCUT2D eigenvalue weighted by atomic mass is 9.90. The minimum Gasteiger partial charge on any atom is -0.461 e. The number of nitrogens with one attached hydrogen (secondary N) is 1. The average Bonchev–Trinajstić information content (AvgIpc) is 3.70. The third kappa shape index (κ3) is 4.88. The van der Waals surface area contributed by atoms with Gasteiger partial charge in [-0.1, -0.05) is 23.6 Å². The van der Waals surface area contributed by atoms with Crippen LogP contribution in [0.3, 0.4) is 0 Å². The molecule has 252 valence electrons. The summed E-state index contributed by atoms with van der Waals surface area (Å²) < 4.78 is 52.3. The molecule has 4 aromatic rings. The molecule has 1 aliphatic carbocycles. The molecule has 2 bridgehead atoms. The van der Waals surface area contributed by atoms with Gasteiger partial charge in [-0.25, -0.2) is 13.2 Å². The zero-order valence-electron chi connectivity index (χ0n) is 27.0. The van der Waals surface area contributed by atoms with Crippen molar-refractivity contribution in [1.82, 2.24) is 20.2 Å². The van der Waals surface area contributed by atoms with Crippen molar-refractivity contribution in [2.45, 2.75) is 62.1 Å². The molecular weight excluding hydrogens is 649 g/mol. The summed E-state index contributed by atoms with van der Waals surface area (Å²) in [5.41, 5.74) is 7.34. The fraction of sp³-hybridized carbons (Fsp3) is 0.421. The summed E-state index contributed by atoms with van der Waals surface area (Å²) >= 11 is 6.99. The van der Waals surface area contributed by atoms with Crippen molar-refractivity contribution in [1.29, 1.82) is 0 Å². The van der Waals surface area contributed by atoms with Crippen LogP contribution >= 0.6 is 11.6 Å². The monoisotopic (exact) mass is 684 g/mol. The second-order valence-electron chi connectivity index (χ2n) is 14.7. The Morgan fingerprint density at radius 3 is 2.82 bits per heavy atom. The Hall–Kier alpha value is -4.04. The number of terminal acetylenes is 1. The molecule has 0 spiro atoms. The minimum atomic E-state index is -0.700. The van der Waals surface area contributed by atoms with Gasteiger partial charge in [0.15, 0.2) is 5.82 Å². The predicted molar refractivity (Wildman–Crippen MR) is 186 cm³/mol. The maximum atomic E-state index is 17.3. The Balaban J connectivity index is 1.21. The number of ether oxygens (including phenoxy) is 1. The number of nitrogens with zero attached hydrogens (tertiary/aromatic N) is 4. The van der Waals surface area contributed by atoms with Gasteiger partial charge >= 0.3 is 6.01 Å². The van der Waals surface area contributed by atoms with Crippen molar-refractivity contribution in [2.24, 2.45) is 5.92 Å². The molecule has 3 N–H and O–H groups in total. The zero-order valence-corrected chi connectivity index (χ0v) is 27.7. The van der Waals surface area contributed by atoms with Crippen LogP contribution in [0.25, 0.3) is 32.8 Å². The van der Waals surface area contributed by atoms with Gasteiger partial charge in [0, 0.05) is 53.2 Å². The van der Waals surface area contributed by atoms with E-state index in [0.29, 0.717) is 59.4 Å². The highest BCUT2D eigenvalue weighted by atomic mass is 35.5. The lowest BCUT2D eigenvalue weighted by Gasteiger charge is -2.42. The van der Waals surface area contributed by atoms with E-state index in [-0.39, 0.29) is 57.0 Å². The zero-order chi connectivity index (χ0) is 33.7. The fourth-order valence-corrected chi connectivity index (χ4v) is 9.62. The van der Waals surface area contributed by atoms with Crippen LogP contribution in [0, 0.1) is 29.9 Å². The molecule has 3 aromatic carbocycles. The molecule has 11 heteroatoms. The molecule has 5 heterocycles. The first kappa shape index (κ1) is 31.0. The van der Waals surface area contributed by atoms with Crippen LogP contribution in [0.4, 0.5) is 24.7 Å². The van der Waals surface area contributed by atoms with Gasteiger partial charge in [-0.15, -0.1) is 6.42 Å². The summed E-state index contributed by atoms with van der Waals surface area (Å²) in [6.45, 7) is 3.11. The molecule has 9 rings (SSSR count). The van der Waals surface area contributed by atoms with Crippen LogP contribution in [0.5, 0.6) is 6.01 Å². The van der Waals surface area contributed by atoms with Crippen molar-refractivity contribution in [2.75, 3.05) is 43.4 Å². The van der Waals surface area contributed by atoms with Crippen LogP contribution in [-0.2, 0) is 0 Å². The minimum absolute atomic E-state index is 0.00392. The van der Waals surface area contributed by atoms with Gasteiger partial charge < -0.3 is 20.7 Å². The van der Waals surface area contributed by atoms with Gasteiger partial charge in [0.2, 0.25) is 0 Å². The largest absolute Gasteiger partial charge is 0.461 e. The summed E-state index contributed by atoms with van der Waals surface area (Å²) in [5, 5.41) is 5.37. The summed E-state index contributed by atoms with van der Waals surface area (Å²) in [6.07, 6.45) is 13.4. The van der Waals surface area contributed by atoms with Gasteiger partial charge in [0.05, 0.1) is 22.5 Å². The number of benzene rings is 3. The second kappa shape index (κ2) is 11.2. The number of nitrogen functional groups attached to an aromatic ring is 1. The van der Waals surface area contributed by atoms with Gasteiger partial charge in [-0.2, -0.15) is 9.97 Å². The topological polar surface area (TPSA) is 79.5 Å². The van der Waals surface area contributed by atoms with E-state index in [1.165, 1.54) is 18.9 Å². The van der Waals surface area contributed by atoms with Crippen LogP contribution in [0.15, 0.2) is 42.2 Å². The smallest absolute Gasteiger partial charge is 0.319 e. The third-order valence-electron chi connectivity index (χ3n) is 11.7. The van der Waals surface area contributed by atoms with E-state index in [4.69, 9.17) is 33.5 Å². The highest BCUT2D eigenvalue weighted by molar-refractivity contribution is 6.35. The lowest BCUT2D eigenvalue weighted by molar-refractivity contribution is 0.108. The Kier molecular flexibility index (Phi) is 7.11. The van der Waals surface area contributed by atoms with E-state index in [1.54, 1.807) is 24.3 Å². The molecule has 0 unspecified atom stereocenters. The standard InChI is InChI=1S/C38H36ClF3N6O/c1-2-26-30(41)7-4-22-12-24(43)13-27(31(22)26)32-29(39)14-28-34(33(32)42)44-36(49-20-37-9-3-11-48(37)17-21(15-37)16-40)45-35(28)47-18-25-8-10-38(19-47,46-25)23-5-6-23/h1,4,7,12-14,16,23,25,46H,3,5-6,8-11,15,17-20,43H2/b21-16+/t25-,37-,38+/m0/s1. The van der Waals surface area contributed by atoms with Gasteiger partial charge in [-0.3, -0.25) is 4.90 Å². The maximum Gasteiger partial charge on any atom is 0.319 e. The third-order valence-corrected chi connectivity index (χ3v) is 12.0. The van der Waals surface area contributed by atoms with Crippen molar-refractivity contribution in [3.05, 3.63) is 64.5 Å². The van der Waals surface area contributed by atoms with Crippen LogP contribution in [-0.4, -0.2) is 64.8 Å². The second-order valence-corrected chi connectivity index (χ2v) is 15.1. The van der Waals surface area contributed by atoms with Crippen molar-refractivity contribution in [3.63, 3.8) is 0 Å². The SMILES string of the molecule is C#Cc1c(F)ccc2cc(N)cc(-c3c(Cl)cc4c(N5C[C@@H]6CC[C@](C7CC7)(C5)N6)nc(OC[C@@]56CCCN5C/C(=C/F)C6)nc4c3F)c12. The number of anilines is 2. The Morgan fingerprint density at radius 2 is 2.02 bits per heavy atom. The molecule has 3 atom stereocenters. The molecule has 1 aromatic heterocycles. The maximum absolute atomic E-state index is 17.3. The number of fused-ring (bicyclic) bond motifs is 5. The highest BCUT2D eigenvalue weighted by Crippen LogP contribution is 2.50. The Bertz CT molecular complexity index is 2130. The van der Waals surface area contributed by atoms with Gasteiger partial charge in [0.1, 0.15) is 23.8 Å². The fourth-order valence-electron chi connectivity index (χ4n) is 9.33. The van der Waals surface area contributed by atoms with Crippen LogP contribution in [0.2, 0.25) is 5.02 Å². The van der Waals surface area contributed by atoms with Crippen molar-refractivity contribution >= 4 is 44.8 Å². The highest BCUT2D eigenvalue weighted by Gasteiger charge is 2.53. The summed E-state index contributed by atoms with van der Waals surface area (Å²) in [5.74, 6) is 2.30. The van der Waals surface area contributed by atoms with E-state index >= 15 is 8.78 Å². The number of rotatable bonds is 6.